The van der Waals surface area contributed by atoms with E-state index in [1.807, 2.05) is 45.2 Å². The zero-order valence-electron chi connectivity index (χ0n) is 18.1. The molecule has 0 fully saturated rings. The number of thiazole rings is 1. The van der Waals surface area contributed by atoms with Crippen molar-refractivity contribution in [3.63, 3.8) is 0 Å². The number of carbonyl (C=O) groups is 1. The van der Waals surface area contributed by atoms with Crippen LogP contribution in [0.2, 0.25) is 0 Å². The highest BCUT2D eigenvalue weighted by Gasteiger charge is 2.21. The minimum Gasteiger partial charge on any atom is -0.339 e. The molecular weight excluding hydrogens is 406 g/mol. The van der Waals surface area contributed by atoms with Crippen LogP contribution < -0.4 is 0 Å². The van der Waals surface area contributed by atoms with E-state index in [1.54, 1.807) is 27.2 Å². The second kappa shape index (κ2) is 8.81. The summed E-state index contributed by atoms with van der Waals surface area (Å²) in [6.45, 7) is 6.09. The fourth-order valence-corrected chi connectivity index (χ4v) is 4.42. The largest absolute Gasteiger partial charge is 0.339 e. The predicted octanol–water partition coefficient (Wildman–Crippen LogP) is 4.77. The number of aryl methyl sites for hydroxylation is 2. The quantitative estimate of drug-likeness (QED) is 0.441. The molecule has 6 nitrogen and oxygen atoms in total. The summed E-state index contributed by atoms with van der Waals surface area (Å²) in [5.74, 6) is 0.0739. The highest BCUT2D eigenvalue weighted by molar-refractivity contribution is 7.12. The van der Waals surface area contributed by atoms with Gasteiger partial charge in [-0.1, -0.05) is 42.0 Å². The maximum Gasteiger partial charge on any atom is 0.228 e. The summed E-state index contributed by atoms with van der Waals surface area (Å²) in [5, 5.41) is 5.12. The third kappa shape index (κ3) is 4.56. The molecule has 4 rings (SSSR count). The second-order valence-electron chi connectivity index (χ2n) is 7.66. The lowest BCUT2D eigenvalue weighted by atomic mass is 10.1. The zero-order chi connectivity index (χ0) is 22.0. The van der Waals surface area contributed by atoms with Crippen molar-refractivity contribution in [2.75, 3.05) is 7.05 Å². The SMILES string of the molecule is Cc1ccc(-c2nc(C)sc2CC(=O)N(C)[C@H](C)c2ccc(-n3cncn3)cc2)cc1. The Hall–Kier alpha value is -3.32. The van der Waals surface area contributed by atoms with Gasteiger partial charge in [0, 0.05) is 17.5 Å². The van der Waals surface area contributed by atoms with Crippen LogP contribution in [0.25, 0.3) is 16.9 Å². The minimum atomic E-state index is -0.0471. The fraction of sp³-hybridized carbons (Fsp3) is 0.250. The van der Waals surface area contributed by atoms with Crippen molar-refractivity contribution in [3.05, 3.63) is 82.2 Å². The lowest BCUT2D eigenvalue weighted by molar-refractivity contribution is -0.131. The highest BCUT2D eigenvalue weighted by atomic mass is 32.1. The molecule has 0 aliphatic carbocycles. The summed E-state index contributed by atoms with van der Waals surface area (Å²) < 4.78 is 1.71. The summed E-state index contributed by atoms with van der Waals surface area (Å²) in [6.07, 6.45) is 3.51. The molecule has 2 aromatic carbocycles. The van der Waals surface area contributed by atoms with Crippen LogP contribution in [0.4, 0.5) is 0 Å². The van der Waals surface area contributed by atoms with E-state index in [1.165, 1.54) is 11.9 Å². The lowest BCUT2D eigenvalue weighted by Gasteiger charge is -2.25. The van der Waals surface area contributed by atoms with Crippen LogP contribution in [0.5, 0.6) is 0 Å². The zero-order valence-corrected chi connectivity index (χ0v) is 18.9. The number of nitrogens with zero attached hydrogens (tertiary/aromatic N) is 5. The first-order valence-corrected chi connectivity index (χ1v) is 11.0. The van der Waals surface area contributed by atoms with Crippen LogP contribution in [0.3, 0.4) is 0 Å². The van der Waals surface area contributed by atoms with Crippen molar-refractivity contribution in [1.29, 1.82) is 0 Å². The number of hydrogen-bond acceptors (Lipinski definition) is 5. The van der Waals surface area contributed by atoms with Gasteiger partial charge in [0.05, 0.1) is 28.9 Å². The van der Waals surface area contributed by atoms with E-state index in [2.05, 4.69) is 41.3 Å². The molecule has 7 heteroatoms. The summed E-state index contributed by atoms with van der Waals surface area (Å²) in [4.78, 5) is 24.6. The molecule has 0 aliphatic heterocycles. The number of benzene rings is 2. The standard InChI is InChI=1S/C24H25N5OS/c1-16-5-7-20(8-6-16)24-22(31-18(3)27-24)13-23(30)28(4)17(2)19-9-11-21(12-10-19)29-15-25-14-26-29/h5-12,14-15,17H,13H2,1-4H3/t17-/m1/s1. The number of carbonyl (C=O) groups excluding carboxylic acids is 1. The summed E-state index contributed by atoms with van der Waals surface area (Å²) in [5.41, 5.74) is 5.17. The molecule has 0 aliphatic rings. The van der Waals surface area contributed by atoms with Crippen molar-refractivity contribution in [2.45, 2.75) is 33.2 Å². The first-order chi connectivity index (χ1) is 14.9. The van der Waals surface area contributed by atoms with Crippen LogP contribution in [0.1, 0.15) is 34.0 Å². The highest BCUT2D eigenvalue weighted by Crippen LogP contribution is 2.30. The van der Waals surface area contributed by atoms with Crippen molar-refractivity contribution >= 4 is 17.2 Å². The fourth-order valence-electron chi connectivity index (χ4n) is 3.47. The summed E-state index contributed by atoms with van der Waals surface area (Å²) in [6, 6.07) is 16.3. The van der Waals surface area contributed by atoms with Gasteiger partial charge in [0.25, 0.3) is 0 Å². The Morgan fingerprint density at radius 1 is 1.10 bits per heavy atom. The molecule has 0 saturated heterocycles. The smallest absolute Gasteiger partial charge is 0.228 e. The molecule has 0 spiro atoms. The normalized spacial score (nSPS) is 12.0. The third-order valence-corrected chi connectivity index (χ3v) is 6.44. The van der Waals surface area contributed by atoms with Crippen molar-refractivity contribution < 1.29 is 4.79 Å². The molecule has 4 aromatic rings. The predicted molar refractivity (Wildman–Crippen MR) is 123 cm³/mol. The molecular formula is C24H25N5OS. The van der Waals surface area contributed by atoms with E-state index in [4.69, 9.17) is 4.98 Å². The lowest BCUT2D eigenvalue weighted by Crippen LogP contribution is -2.30. The molecule has 2 aromatic heterocycles. The number of rotatable bonds is 6. The Morgan fingerprint density at radius 2 is 1.81 bits per heavy atom. The van der Waals surface area contributed by atoms with Gasteiger partial charge < -0.3 is 4.90 Å². The van der Waals surface area contributed by atoms with E-state index < -0.39 is 0 Å². The van der Waals surface area contributed by atoms with Crippen LogP contribution in [-0.2, 0) is 11.2 Å². The van der Waals surface area contributed by atoms with Gasteiger partial charge in [0.15, 0.2) is 0 Å². The van der Waals surface area contributed by atoms with Gasteiger partial charge in [-0.15, -0.1) is 11.3 Å². The minimum absolute atomic E-state index is 0.0471. The molecule has 158 valence electrons. The Morgan fingerprint density at radius 3 is 2.45 bits per heavy atom. The molecule has 0 bridgehead atoms. The van der Waals surface area contributed by atoms with E-state index in [0.29, 0.717) is 6.42 Å². The van der Waals surface area contributed by atoms with Crippen LogP contribution in [0, 0.1) is 13.8 Å². The molecule has 0 saturated carbocycles. The Bertz CT molecular complexity index is 1160. The summed E-state index contributed by atoms with van der Waals surface area (Å²) in [7, 11) is 1.86. The molecule has 1 amide bonds. The van der Waals surface area contributed by atoms with Crippen molar-refractivity contribution in [3.8, 4) is 16.9 Å². The maximum absolute atomic E-state index is 13.1. The average molecular weight is 432 g/mol. The van der Waals surface area contributed by atoms with E-state index in [0.717, 1.165) is 32.4 Å². The van der Waals surface area contributed by atoms with Crippen molar-refractivity contribution in [2.24, 2.45) is 0 Å². The van der Waals surface area contributed by atoms with E-state index >= 15 is 0 Å². The van der Waals surface area contributed by atoms with Crippen LogP contribution >= 0.6 is 11.3 Å². The molecule has 0 N–H and O–H groups in total. The Kier molecular flexibility index (Phi) is 5.95. The van der Waals surface area contributed by atoms with Crippen molar-refractivity contribution in [1.82, 2.24) is 24.6 Å². The average Bonchev–Trinajstić information content (AvgIpc) is 3.43. The van der Waals surface area contributed by atoms with Gasteiger partial charge in [-0.3, -0.25) is 4.79 Å². The monoisotopic (exact) mass is 431 g/mol. The summed E-state index contributed by atoms with van der Waals surface area (Å²) >= 11 is 1.59. The number of aromatic nitrogens is 4. The second-order valence-corrected chi connectivity index (χ2v) is 8.95. The van der Waals surface area contributed by atoms with Gasteiger partial charge in [-0.2, -0.15) is 5.10 Å². The topological polar surface area (TPSA) is 63.9 Å². The van der Waals surface area contributed by atoms with Gasteiger partial charge in [0.1, 0.15) is 12.7 Å². The molecule has 31 heavy (non-hydrogen) atoms. The third-order valence-electron chi connectivity index (χ3n) is 5.47. The Balaban J connectivity index is 1.49. The van der Waals surface area contributed by atoms with Gasteiger partial charge in [0.2, 0.25) is 5.91 Å². The molecule has 0 radical (unpaired) electrons. The van der Waals surface area contributed by atoms with Gasteiger partial charge in [-0.05, 0) is 38.5 Å². The first kappa shape index (κ1) is 20.9. The number of likely N-dealkylation sites (N-methyl/N-ethyl adjacent to an activating group) is 1. The first-order valence-electron chi connectivity index (χ1n) is 10.2. The van der Waals surface area contributed by atoms with Gasteiger partial charge >= 0.3 is 0 Å². The van der Waals surface area contributed by atoms with Gasteiger partial charge in [-0.25, -0.2) is 14.6 Å². The number of hydrogen-bond donors (Lipinski definition) is 0. The van der Waals surface area contributed by atoms with Crippen LogP contribution in [-0.4, -0.2) is 37.6 Å². The number of amides is 1. The molecule has 2 heterocycles. The maximum atomic E-state index is 13.1. The Labute approximate surface area is 186 Å². The van der Waals surface area contributed by atoms with E-state index in [9.17, 15) is 4.79 Å². The van der Waals surface area contributed by atoms with E-state index in [-0.39, 0.29) is 11.9 Å². The molecule has 0 unspecified atom stereocenters. The van der Waals surface area contributed by atoms with Crippen LogP contribution in [0.15, 0.2) is 61.2 Å². The molecule has 1 atom stereocenters.